The lowest BCUT2D eigenvalue weighted by Gasteiger charge is -1.76. The van der Waals surface area contributed by atoms with Crippen LogP contribution in [-0.4, -0.2) is 13.2 Å². The van der Waals surface area contributed by atoms with E-state index in [1.54, 1.807) is 0 Å². The van der Waals surface area contributed by atoms with Crippen molar-refractivity contribution in [1.29, 1.82) is 0 Å². The summed E-state index contributed by atoms with van der Waals surface area (Å²) in [5, 5.41) is 0. The smallest absolute Gasteiger partial charge is 0.0466 e. The molecule has 44 valence electrons. The van der Waals surface area contributed by atoms with E-state index in [-0.39, 0.29) is 0 Å². The molecule has 0 amide bonds. The van der Waals surface area contributed by atoms with Crippen LogP contribution in [-0.2, 0) is 4.74 Å². The first-order valence-corrected chi connectivity index (χ1v) is 3.08. The molecule has 1 heteroatoms. The molecule has 7 heavy (non-hydrogen) atoms. The fourth-order valence-electron chi connectivity index (χ4n) is 0.510. The van der Waals surface area contributed by atoms with E-state index in [1.807, 2.05) is 13.8 Å². The standard InChI is InChI=1S/C4H8O.C2H6/c1-2-4-5-3-1;1-2/h1-4H2;1-2H3. The minimum absolute atomic E-state index is 1.00. The molecule has 1 rings (SSSR count). The highest BCUT2D eigenvalue weighted by atomic mass is 16.5. The molecule has 0 atom stereocenters. The van der Waals surface area contributed by atoms with Gasteiger partial charge in [-0.15, -0.1) is 0 Å². The van der Waals surface area contributed by atoms with E-state index in [2.05, 4.69) is 0 Å². The van der Waals surface area contributed by atoms with Crippen molar-refractivity contribution in [1.82, 2.24) is 0 Å². The molecule has 0 aromatic carbocycles. The molecule has 1 saturated heterocycles. The van der Waals surface area contributed by atoms with Crippen molar-refractivity contribution in [2.45, 2.75) is 26.7 Å². The largest absolute Gasteiger partial charge is 0.381 e. The van der Waals surface area contributed by atoms with Gasteiger partial charge >= 0.3 is 0 Å². The molecule has 1 aliphatic rings. The topological polar surface area (TPSA) is 9.23 Å². The summed E-state index contributed by atoms with van der Waals surface area (Å²) in [6, 6.07) is 0. The van der Waals surface area contributed by atoms with Crippen LogP contribution in [0.1, 0.15) is 26.7 Å². The molecule has 1 heterocycles. The molecule has 1 aliphatic heterocycles. The Morgan fingerprint density at radius 2 is 1.43 bits per heavy atom. The number of hydrogen-bond acceptors (Lipinski definition) is 1. The zero-order valence-corrected chi connectivity index (χ0v) is 5.24. The Morgan fingerprint density at radius 3 is 1.57 bits per heavy atom. The first-order chi connectivity index (χ1) is 3.50. The van der Waals surface area contributed by atoms with Gasteiger partial charge in [0, 0.05) is 13.2 Å². The van der Waals surface area contributed by atoms with Gasteiger partial charge in [-0.3, -0.25) is 0 Å². The van der Waals surface area contributed by atoms with Gasteiger partial charge in [0.2, 0.25) is 0 Å². The molecule has 0 aromatic rings. The summed E-state index contributed by atoms with van der Waals surface area (Å²) in [5.74, 6) is 0. The molecule has 0 saturated carbocycles. The second-order valence-corrected chi connectivity index (χ2v) is 1.32. The van der Waals surface area contributed by atoms with Gasteiger partial charge in [-0.05, 0) is 12.8 Å². The van der Waals surface area contributed by atoms with Crippen LogP contribution in [0, 0.1) is 0 Å². The van der Waals surface area contributed by atoms with E-state index < -0.39 is 0 Å². The highest BCUT2D eigenvalue weighted by molar-refractivity contribution is 4.43. The maximum Gasteiger partial charge on any atom is 0.0466 e. The zero-order chi connectivity index (χ0) is 5.54. The van der Waals surface area contributed by atoms with Crippen molar-refractivity contribution in [3.63, 3.8) is 0 Å². The van der Waals surface area contributed by atoms with Crippen LogP contribution in [0.4, 0.5) is 0 Å². The van der Waals surface area contributed by atoms with Crippen LogP contribution in [0.2, 0.25) is 0 Å². The predicted octanol–water partition coefficient (Wildman–Crippen LogP) is 1.82. The van der Waals surface area contributed by atoms with E-state index in [0.29, 0.717) is 0 Å². The normalized spacial score (nSPS) is 18.0. The lowest BCUT2D eigenvalue weighted by molar-refractivity contribution is 0.198. The summed E-state index contributed by atoms with van der Waals surface area (Å²) in [5.41, 5.74) is 0. The maximum atomic E-state index is 4.94. The van der Waals surface area contributed by atoms with Gasteiger partial charge in [0.05, 0.1) is 0 Å². The molecular formula is C6H14O. The van der Waals surface area contributed by atoms with Crippen molar-refractivity contribution >= 4 is 0 Å². The van der Waals surface area contributed by atoms with Gasteiger partial charge in [-0.25, -0.2) is 0 Å². The Labute approximate surface area is 45.7 Å². The van der Waals surface area contributed by atoms with Gasteiger partial charge in [0.25, 0.3) is 0 Å². The molecule has 0 aromatic heterocycles. The maximum absolute atomic E-state index is 4.94. The van der Waals surface area contributed by atoms with E-state index >= 15 is 0 Å². The Kier molecular flexibility index (Phi) is 5.93. The van der Waals surface area contributed by atoms with Crippen LogP contribution in [0.5, 0.6) is 0 Å². The number of ether oxygens (including phenoxy) is 1. The summed E-state index contributed by atoms with van der Waals surface area (Å²) < 4.78 is 4.94. The Hall–Kier alpha value is -0.0400. The summed E-state index contributed by atoms with van der Waals surface area (Å²) in [7, 11) is 0. The molecule has 0 spiro atoms. The molecule has 0 bridgehead atoms. The fraction of sp³-hybridized carbons (Fsp3) is 1.00. The monoisotopic (exact) mass is 102 g/mol. The van der Waals surface area contributed by atoms with Gasteiger partial charge in [-0.1, -0.05) is 13.8 Å². The highest BCUT2D eigenvalue weighted by Crippen LogP contribution is 1.98. The molecule has 0 unspecified atom stereocenters. The van der Waals surface area contributed by atoms with E-state index in [0.717, 1.165) is 13.2 Å². The second kappa shape index (κ2) is 5.96. The van der Waals surface area contributed by atoms with Crippen molar-refractivity contribution in [2.24, 2.45) is 0 Å². The minimum atomic E-state index is 1.00. The predicted molar refractivity (Wildman–Crippen MR) is 31.4 cm³/mol. The molecule has 0 aliphatic carbocycles. The van der Waals surface area contributed by atoms with E-state index in [1.165, 1.54) is 12.8 Å². The van der Waals surface area contributed by atoms with Crippen molar-refractivity contribution < 1.29 is 4.74 Å². The minimum Gasteiger partial charge on any atom is -0.381 e. The first kappa shape index (κ1) is 6.96. The second-order valence-electron chi connectivity index (χ2n) is 1.32. The highest BCUT2D eigenvalue weighted by Gasteiger charge is 1.94. The van der Waals surface area contributed by atoms with E-state index in [4.69, 9.17) is 4.74 Å². The van der Waals surface area contributed by atoms with Gasteiger partial charge in [0.15, 0.2) is 0 Å². The van der Waals surface area contributed by atoms with Gasteiger partial charge in [-0.2, -0.15) is 0 Å². The summed E-state index contributed by atoms with van der Waals surface area (Å²) >= 11 is 0. The average molecular weight is 102 g/mol. The third kappa shape index (κ3) is 3.80. The molecule has 1 nitrogen and oxygen atoms in total. The Morgan fingerprint density at radius 1 is 1.00 bits per heavy atom. The first-order valence-electron chi connectivity index (χ1n) is 3.08. The van der Waals surface area contributed by atoms with Crippen LogP contribution < -0.4 is 0 Å². The fourth-order valence-corrected chi connectivity index (χ4v) is 0.510. The number of hydrogen-bond donors (Lipinski definition) is 0. The lowest BCUT2D eigenvalue weighted by Crippen LogP contribution is -1.74. The third-order valence-electron chi connectivity index (χ3n) is 0.827. The average Bonchev–Trinajstić information content (AvgIpc) is 2.23. The molecule has 0 radical (unpaired) electrons. The molecule has 0 N–H and O–H groups in total. The number of rotatable bonds is 0. The third-order valence-corrected chi connectivity index (χ3v) is 0.827. The van der Waals surface area contributed by atoms with Crippen LogP contribution in [0.25, 0.3) is 0 Å². The van der Waals surface area contributed by atoms with Crippen LogP contribution in [0.3, 0.4) is 0 Å². The van der Waals surface area contributed by atoms with Crippen LogP contribution in [0.15, 0.2) is 0 Å². The lowest BCUT2D eigenvalue weighted by atomic mass is 10.4. The quantitative estimate of drug-likeness (QED) is 0.453. The van der Waals surface area contributed by atoms with Crippen molar-refractivity contribution in [2.75, 3.05) is 13.2 Å². The van der Waals surface area contributed by atoms with Gasteiger partial charge < -0.3 is 4.74 Å². The van der Waals surface area contributed by atoms with Crippen LogP contribution >= 0.6 is 0 Å². The summed E-state index contributed by atoms with van der Waals surface area (Å²) in [6.07, 6.45) is 2.56. The molecular weight excluding hydrogens is 88.1 g/mol. The SMILES string of the molecule is C1CCOC1.CC. The zero-order valence-electron chi connectivity index (χ0n) is 5.24. The summed E-state index contributed by atoms with van der Waals surface area (Å²) in [4.78, 5) is 0. The Balaban J connectivity index is 0.000000162. The molecule has 1 fully saturated rings. The van der Waals surface area contributed by atoms with E-state index in [9.17, 15) is 0 Å². The summed E-state index contributed by atoms with van der Waals surface area (Å²) in [6.45, 7) is 6.00. The van der Waals surface area contributed by atoms with Gasteiger partial charge in [0.1, 0.15) is 0 Å². The van der Waals surface area contributed by atoms with Crippen molar-refractivity contribution in [3.05, 3.63) is 0 Å². The van der Waals surface area contributed by atoms with Crippen molar-refractivity contribution in [3.8, 4) is 0 Å². The Bertz CT molecular complexity index is 15.8.